The molecule has 1 aromatic rings. The van der Waals surface area contributed by atoms with E-state index in [2.05, 4.69) is 10.6 Å². The van der Waals surface area contributed by atoms with E-state index in [1.54, 1.807) is 0 Å². The van der Waals surface area contributed by atoms with Crippen molar-refractivity contribution in [3.8, 4) is 0 Å². The van der Waals surface area contributed by atoms with Crippen LogP contribution < -0.4 is 10.6 Å². The van der Waals surface area contributed by atoms with Gasteiger partial charge in [0.2, 0.25) is 5.91 Å². The van der Waals surface area contributed by atoms with E-state index in [1.165, 1.54) is 6.42 Å². The lowest BCUT2D eigenvalue weighted by molar-refractivity contribution is -0.126. The molecule has 2 N–H and O–H groups in total. The first-order valence-corrected chi connectivity index (χ1v) is 9.07. The van der Waals surface area contributed by atoms with Crippen LogP contribution in [0.4, 0.5) is 0 Å². The average molecular weight is 329 g/mol. The molecule has 0 bridgehead atoms. The Labute approximate surface area is 143 Å². The van der Waals surface area contributed by atoms with Crippen LogP contribution in [0.3, 0.4) is 0 Å². The molecule has 0 radical (unpaired) electrons. The minimum Gasteiger partial charge on any atom is -0.356 e. The lowest BCUT2D eigenvalue weighted by Crippen LogP contribution is -2.45. The van der Waals surface area contributed by atoms with E-state index in [-0.39, 0.29) is 17.7 Å². The number of rotatable bonds is 5. The Morgan fingerprint density at radius 1 is 1.21 bits per heavy atom. The number of carbonyl (C=O) groups is 2. The van der Waals surface area contributed by atoms with Gasteiger partial charge in [-0.1, -0.05) is 18.2 Å². The Balaban J connectivity index is 1.47. The Hall–Kier alpha value is -1.88. The summed E-state index contributed by atoms with van der Waals surface area (Å²) >= 11 is 0. The SMILES string of the molecule is O=C(NCCC1CCNC1)C1CCCN(C(=O)c2ccccc2)C1. The van der Waals surface area contributed by atoms with Gasteiger partial charge in [-0.05, 0) is 56.8 Å². The summed E-state index contributed by atoms with van der Waals surface area (Å²) in [4.78, 5) is 26.8. The summed E-state index contributed by atoms with van der Waals surface area (Å²) in [7, 11) is 0. The van der Waals surface area contributed by atoms with Crippen LogP contribution in [-0.4, -0.2) is 49.4 Å². The van der Waals surface area contributed by atoms with Gasteiger partial charge in [0.05, 0.1) is 5.92 Å². The van der Waals surface area contributed by atoms with E-state index in [0.717, 1.165) is 45.4 Å². The third-order valence-electron chi connectivity index (χ3n) is 5.11. The number of amides is 2. The van der Waals surface area contributed by atoms with Crippen LogP contribution in [0.25, 0.3) is 0 Å². The fourth-order valence-corrected chi connectivity index (χ4v) is 3.64. The molecule has 3 rings (SSSR count). The minimum atomic E-state index is -0.0758. The maximum atomic E-state index is 12.5. The first-order chi connectivity index (χ1) is 11.7. The number of likely N-dealkylation sites (tertiary alicyclic amines) is 1. The van der Waals surface area contributed by atoms with Gasteiger partial charge in [0, 0.05) is 25.2 Å². The molecule has 5 nitrogen and oxygen atoms in total. The van der Waals surface area contributed by atoms with Gasteiger partial charge in [-0.3, -0.25) is 9.59 Å². The van der Waals surface area contributed by atoms with Crippen molar-refractivity contribution in [2.24, 2.45) is 11.8 Å². The Morgan fingerprint density at radius 2 is 2.04 bits per heavy atom. The number of nitrogens with one attached hydrogen (secondary N) is 2. The largest absolute Gasteiger partial charge is 0.356 e. The smallest absolute Gasteiger partial charge is 0.253 e. The number of carbonyl (C=O) groups excluding carboxylic acids is 2. The van der Waals surface area contributed by atoms with Crippen molar-refractivity contribution in [1.82, 2.24) is 15.5 Å². The minimum absolute atomic E-state index is 0.0325. The molecule has 0 spiro atoms. The highest BCUT2D eigenvalue weighted by Crippen LogP contribution is 2.19. The Kier molecular flexibility index (Phi) is 5.86. The van der Waals surface area contributed by atoms with Crippen LogP contribution in [0.5, 0.6) is 0 Å². The van der Waals surface area contributed by atoms with Crippen LogP contribution in [0.1, 0.15) is 36.0 Å². The van der Waals surface area contributed by atoms with E-state index < -0.39 is 0 Å². The van der Waals surface area contributed by atoms with E-state index in [1.807, 2.05) is 35.2 Å². The predicted molar refractivity (Wildman–Crippen MR) is 93.7 cm³/mol. The van der Waals surface area contributed by atoms with Gasteiger partial charge in [0.1, 0.15) is 0 Å². The van der Waals surface area contributed by atoms with Crippen molar-refractivity contribution in [1.29, 1.82) is 0 Å². The molecule has 130 valence electrons. The topological polar surface area (TPSA) is 61.4 Å². The molecule has 2 aliphatic rings. The van der Waals surface area contributed by atoms with Crippen LogP contribution in [0, 0.1) is 11.8 Å². The Morgan fingerprint density at radius 3 is 2.79 bits per heavy atom. The number of hydrogen-bond acceptors (Lipinski definition) is 3. The molecule has 2 atom stereocenters. The van der Waals surface area contributed by atoms with Gasteiger partial charge in [-0.2, -0.15) is 0 Å². The zero-order chi connectivity index (χ0) is 16.8. The third-order valence-corrected chi connectivity index (χ3v) is 5.11. The highest BCUT2D eigenvalue weighted by molar-refractivity contribution is 5.94. The molecule has 0 saturated carbocycles. The van der Waals surface area contributed by atoms with Crippen LogP contribution in [-0.2, 0) is 4.79 Å². The van der Waals surface area contributed by atoms with Crippen LogP contribution in [0.2, 0.25) is 0 Å². The second-order valence-corrected chi connectivity index (χ2v) is 6.89. The van der Waals surface area contributed by atoms with Gasteiger partial charge in [-0.25, -0.2) is 0 Å². The molecule has 0 aliphatic carbocycles. The van der Waals surface area contributed by atoms with E-state index >= 15 is 0 Å². The molecular weight excluding hydrogens is 302 g/mol. The first-order valence-electron chi connectivity index (χ1n) is 9.07. The molecule has 2 unspecified atom stereocenters. The van der Waals surface area contributed by atoms with Gasteiger partial charge in [0.25, 0.3) is 5.91 Å². The molecule has 24 heavy (non-hydrogen) atoms. The first kappa shape index (κ1) is 17.0. The number of nitrogens with zero attached hydrogens (tertiary/aromatic N) is 1. The van der Waals surface area contributed by atoms with E-state index in [9.17, 15) is 9.59 Å². The lowest BCUT2D eigenvalue weighted by Gasteiger charge is -2.32. The molecule has 5 heteroatoms. The van der Waals surface area contributed by atoms with Crippen molar-refractivity contribution >= 4 is 11.8 Å². The standard InChI is InChI=1S/C19H27N3O2/c23-18(21-11-9-15-8-10-20-13-15)17-7-4-12-22(14-17)19(24)16-5-2-1-3-6-16/h1-3,5-6,15,17,20H,4,7-14H2,(H,21,23). The van der Waals surface area contributed by atoms with E-state index in [0.29, 0.717) is 18.0 Å². The highest BCUT2D eigenvalue weighted by atomic mass is 16.2. The summed E-state index contributed by atoms with van der Waals surface area (Å²) in [6.07, 6.45) is 4.01. The van der Waals surface area contributed by atoms with Crippen molar-refractivity contribution in [2.75, 3.05) is 32.7 Å². The molecule has 0 aromatic heterocycles. The van der Waals surface area contributed by atoms with Crippen LogP contribution in [0.15, 0.2) is 30.3 Å². The summed E-state index contributed by atoms with van der Waals surface area (Å²) in [5.74, 6) is 0.748. The zero-order valence-corrected chi connectivity index (χ0v) is 14.2. The third kappa shape index (κ3) is 4.35. The molecule has 2 aliphatic heterocycles. The molecule has 2 fully saturated rings. The molecule has 1 aromatic carbocycles. The van der Waals surface area contributed by atoms with Gasteiger partial charge in [0.15, 0.2) is 0 Å². The van der Waals surface area contributed by atoms with Crippen molar-refractivity contribution in [3.05, 3.63) is 35.9 Å². The number of benzene rings is 1. The van der Waals surface area contributed by atoms with Crippen molar-refractivity contribution < 1.29 is 9.59 Å². The molecule has 2 amide bonds. The normalized spacial score (nSPS) is 23.9. The monoisotopic (exact) mass is 329 g/mol. The fourth-order valence-electron chi connectivity index (χ4n) is 3.64. The summed E-state index contributed by atoms with van der Waals surface area (Å²) in [5, 5.41) is 6.42. The van der Waals surface area contributed by atoms with Gasteiger partial charge >= 0.3 is 0 Å². The number of hydrogen-bond donors (Lipinski definition) is 2. The average Bonchev–Trinajstić information content (AvgIpc) is 3.15. The quantitative estimate of drug-likeness (QED) is 0.863. The summed E-state index contributed by atoms with van der Waals surface area (Å²) < 4.78 is 0. The molecule has 2 heterocycles. The predicted octanol–water partition coefficient (Wildman–Crippen LogP) is 1.65. The van der Waals surface area contributed by atoms with Gasteiger partial charge in [-0.15, -0.1) is 0 Å². The van der Waals surface area contributed by atoms with Crippen molar-refractivity contribution in [2.45, 2.75) is 25.7 Å². The Bertz CT molecular complexity index is 555. The summed E-state index contributed by atoms with van der Waals surface area (Å²) in [6, 6.07) is 9.32. The van der Waals surface area contributed by atoms with Crippen LogP contribution >= 0.6 is 0 Å². The fraction of sp³-hybridized carbons (Fsp3) is 0.579. The molecular formula is C19H27N3O2. The number of piperidine rings is 1. The molecule has 2 saturated heterocycles. The summed E-state index contributed by atoms with van der Waals surface area (Å²) in [5.41, 5.74) is 0.701. The maximum Gasteiger partial charge on any atom is 0.253 e. The highest BCUT2D eigenvalue weighted by Gasteiger charge is 2.28. The summed E-state index contributed by atoms with van der Waals surface area (Å²) in [6.45, 7) is 4.18. The second-order valence-electron chi connectivity index (χ2n) is 6.89. The zero-order valence-electron chi connectivity index (χ0n) is 14.2. The van der Waals surface area contributed by atoms with E-state index in [4.69, 9.17) is 0 Å². The second kappa shape index (κ2) is 8.29. The maximum absolute atomic E-state index is 12.5. The van der Waals surface area contributed by atoms with Gasteiger partial charge < -0.3 is 15.5 Å². The van der Waals surface area contributed by atoms with Crippen molar-refractivity contribution in [3.63, 3.8) is 0 Å². The lowest BCUT2D eigenvalue weighted by atomic mass is 9.96.